The number of allylic oxidation sites excluding steroid dienone is 1. The number of halogens is 1. The summed E-state index contributed by atoms with van der Waals surface area (Å²) in [6, 6.07) is 27.2. The molecule has 1 aromatic heterocycles. The van der Waals surface area contributed by atoms with Crippen LogP contribution >= 0.6 is 22.9 Å². The van der Waals surface area contributed by atoms with Gasteiger partial charge in [-0.3, -0.25) is 4.79 Å². The van der Waals surface area contributed by atoms with E-state index in [4.69, 9.17) is 21.1 Å². The summed E-state index contributed by atoms with van der Waals surface area (Å²) in [4.78, 5) is 14.6. The summed E-state index contributed by atoms with van der Waals surface area (Å²) >= 11 is 7.47. The fourth-order valence-electron chi connectivity index (χ4n) is 3.36. The molecule has 3 aromatic carbocycles. The third kappa shape index (κ3) is 6.35. The van der Waals surface area contributed by atoms with Gasteiger partial charge >= 0.3 is 0 Å². The van der Waals surface area contributed by atoms with Gasteiger partial charge in [0.15, 0.2) is 5.78 Å². The lowest BCUT2D eigenvalue weighted by molar-refractivity contribution is 0.105. The van der Waals surface area contributed by atoms with E-state index >= 15 is 0 Å². The first kappa shape index (κ1) is 22.8. The number of carbonyl (C=O) groups excluding carboxylic acids is 1. The van der Waals surface area contributed by atoms with Crippen molar-refractivity contribution in [1.82, 2.24) is 0 Å². The second kappa shape index (κ2) is 11.0. The SMILES string of the molecule is COc1ccc(/C=C/C(=O)c2ccc(Cc3ccccc3)s2)cc1COc1ccc(Cl)cc1. The van der Waals surface area contributed by atoms with Crippen LogP contribution in [0.4, 0.5) is 0 Å². The van der Waals surface area contributed by atoms with Gasteiger partial charge in [0.1, 0.15) is 18.1 Å². The highest BCUT2D eigenvalue weighted by atomic mass is 35.5. The Morgan fingerprint density at radius 1 is 0.970 bits per heavy atom. The van der Waals surface area contributed by atoms with Gasteiger partial charge in [-0.2, -0.15) is 0 Å². The molecule has 4 rings (SSSR count). The molecule has 0 saturated heterocycles. The Hall–Kier alpha value is -3.34. The lowest BCUT2D eigenvalue weighted by Crippen LogP contribution is -1.99. The van der Waals surface area contributed by atoms with Crippen molar-refractivity contribution in [3.05, 3.63) is 122 Å². The summed E-state index contributed by atoms with van der Waals surface area (Å²) in [6.45, 7) is 0.341. The van der Waals surface area contributed by atoms with Gasteiger partial charge in [-0.25, -0.2) is 0 Å². The minimum absolute atomic E-state index is 0.00547. The fraction of sp³-hybridized carbons (Fsp3) is 0.107. The second-order valence-electron chi connectivity index (χ2n) is 7.44. The van der Waals surface area contributed by atoms with Crippen LogP contribution in [0.3, 0.4) is 0 Å². The molecular weight excluding hydrogens is 452 g/mol. The molecule has 0 spiro atoms. The largest absolute Gasteiger partial charge is 0.496 e. The first-order valence-corrected chi connectivity index (χ1v) is 11.7. The third-order valence-electron chi connectivity index (χ3n) is 5.07. The standard InChI is InChI=1S/C28H23ClO3S/c1-31-27-15-8-21(17-22(27)19-32-24-11-9-23(29)10-12-24)7-14-26(30)28-16-13-25(33-28)18-20-5-3-2-4-6-20/h2-17H,18-19H2,1H3/b14-7+. The van der Waals surface area contributed by atoms with Gasteiger partial charge in [0.2, 0.25) is 0 Å². The van der Waals surface area contributed by atoms with Crippen molar-refractivity contribution in [2.75, 3.05) is 7.11 Å². The highest BCUT2D eigenvalue weighted by Crippen LogP contribution is 2.25. The van der Waals surface area contributed by atoms with E-state index < -0.39 is 0 Å². The summed E-state index contributed by atoms with van der Waals surface area (Å²) in [5.74, 6) is 1.45. The smallest absolute Gasteiger partial charge is 0.195 e. The van der Waals surface area contributed by atoms with Crippen molar-refractivity contribution in [2.45, 2.75) is 13.0 Å². The van der Waals surface area contributed by atoms with E-state index in [-0.39, 0.29) is 5.78 Å². The number of carbonyl (C=O) groups is 1. The summed E-state index contributed by atoms with van der Waals surface area (Å²) in [7, 11) is 1.63. The average Bonchev–Trinajstić information content (AvgIpc) is 3.31. The van der Waals surface area contributed by atoms with Crippen LogP contribution in [0.25, 0.3) is 6.08 Å². The predicted octanol–water partition coefficient (Wildman–Crippen LogP) is 7.48. The lowest BCUT2D eigenvalue weighted by atomic mass is 10.1. The van der Waals surface area contributed by atoms with Crippen LogP contribution in [0.15, 0.2) is 91.0 Å². The normalized spacial score (nSPS) is 11.0. The van der Waals surface area contributed by atoms with Crippen molar-refractivity contribution in [3.63, 3.8) is 0 Å². The second-order valence-corrected chi connectivity index (χ2v) is 9.04. The molecule has 0 unspecified atom stereocenters. The number of methoxy groups -OCH3 is 1. The van der Waals surface area contributed by atoms with Gasteiger partial charge in [-0.1, -0.05) is 54.1 Å². The van der Waals surface area contributed by atoms with Gasteiger partial charge in [-0.15, -0.1) is 11.3 Å². The third-order valence-corrected chi connectivity index (χ3v) is 6.42. The van der Waals surface area contributed by atoms with Gasteiger partial charge in [0.25, 0.3) is 0 Å². The van der Waals surface area contributed by atoms with Crippen LogP contribution in [0.2, 0.25) is 5.02 Å². The fourth-order valence-corrected chi connectivity index (χ4v) is 4.45. The maximum atomic E-state index is 12.7. The predicted molar refractivity (Wildman–Crippen MR) is 136 cm³/mol. The van der Waals surface area contributed by atoms with Gasteiger partial charge in [0, 0.05) is 21.9 Å². The van der Waals surface area contributed by atoms with Crippen LogP contribution in [-0.2, 0) is 13.0 Å². The molecule has 0 fully saturated rings. The van der Waals surface area contributed by atoms with Gasteiger partial charge in [-0.05, 0) is 65.7 Å². The van der Waals surface area contributed by atoms with Crippen molar-refractivity contribution < 1.29 is 14.3 Å². The zero-order chi connectivity index (χ0) is 23.0. The molecule has 5 heteroatoms. The maximum absolute atomic E-state index is 12.7. The Balaban J connectivity index is 1.42. The number of thiophene rings is 1. The summed E-state index contributed by atoms with van der Waals surface area (Å²) in [5, 5.41) is 0.662. The van der Waals surface area contributed by atoms with Crippen molar-refractivity contribution >= 4 is 34.8 Å². The first-order chi connectivity index (χ1) is 16.1. The zero-order valence-electron chi connectivity index (χ0n) is 18.2. The van der Waals surface area contributed by atoms with E-state index in [1.165, 1.54) is 21.8 Å². The van der Waals surface area contributed by atoms with Crippen molar-refractivity contribution in [2.24, 2.45) is 0 Å². The van der Waals surface area contributed by atoms with Crippen LogP contribution in [-0.4, -0.2) is 12.9 Å². The van der Waals surface area contributed by atoms with Crippen LogP contribution in [0.1, 0.15) is 31.2 Å². The number of rotatable bonds is 9. The quantitative estimate of drug-likeness (QED) is 0.186. The van der Waals surface area contributed by atoms with E-state index in [0.29, 0.717) is 11.6 Å². The molecule has 0 radical (unpaired) electrons. The van der Waals surface area contributed by atoms with Crippen LogP contribution in [0.5, 0.6) is 11.5 Å². The Kier molecular flexibility index (Phi) is 7.61. The minimum atomic E-state index is -0.00547. The van der Waals surface area contributed by atoms with E-state index in [2.05, 4.69) is 12.1 Å². The molecule has 0 N–H and O–H groups in total. The zero-order valence-corrected chi connectivity index (χ0v) is 19.7. The monoisotopic (exact) mass is 474 g/mol. The number of ketones is 1. The van der Waals surface area contributed by atoms with E-state index in [9.17, 15) is 4.79 Å². The maximum Gasteiger partial charge on any atom is 0.195 e. The van der Waals surface area contributed by atoms with E-state index in [0.717, 1.165) is 33.9 Å². The molecule has 33 heavy (non-hydrogen) atoms. The molecule has 4 aromatic rings. The minimum Gasteiger partial charge on any atom is -0.496 e. The Labute approximate surface area is 202 Å². The molecule has 3 nitrogen and oxygen atoms in total. The number of ether oxygens (including phenoxy) is 2. The number of hydrogen-bond donors (Lipinski definition) is 0. The highest BCUT2D eigenvalue weighted by molar-refractivity contribution is 7.14. The van der Waals surface area contributed by atoms with E-state index in [1.54, 1.807) is 25.3 Å². The molecule has 0 atom stereocenters. The van der Waals surface area contributed by atoms with Crippen molar-refractivity contribution in [3.8, 4) is 11.5 Å². The summed E-state index contributed by atoms with van der Waals surface area (Å²) in [5.41, 5.74) is 3.03. The highest BCUT2D eigenvalue weighted by Gasteiger charge is 2.09. The number of benzene rings is 3. The first-order valence-electron chi connectivity index (χ1n) is 10.5. The molecule has 166 valence electrons. The Bertz CT molecular complexity index is 1240. The summed E-state index contributed by atoms with van der Waals surface area (Å²) in [6.07, 6.45) is 4.27. The molecule has 0 aliphatic heterocycles. The molecule has 0 bridgehead atoms. The van der Waals surface area contributed by atoms with Crippen molar-refractivity contribution in [1.29, 1.82) is 0 Å². The molecular formula is C28H23ClO3S. The number of hydrogen-bond acceptors (Lipinski definition) is 4. The Morgan fingerprint density at radius 2 is 1.76 bits per heavy atom. The lowest BCUT2D eigenvalue weighted by Gasteiger charge is -2.11. The molecule has 1 heterocycles. The van der Waals surface area contributed by atoms with Crippen LogP contribution in [0, 0.1) is 0 Å². The van der Waals surface area contributed by atoms with Gasteiger partial charge in [0.05, 0.1) is 12.0 Å². The molecule has 0 aliphatic carbocycles. The molecule has 0 amide bonds. The molecule has 0 aliphatic rings. The average molecular weight is 475 g/mol. The topological polar surface area (TPSA) is 35.5 Å². The van der Waals surface area contributed by atoms with Crippen LogP contribution < -0.4 is 9.47 Å². The Morgan fingerprint density at radius 3 is 2.52 bits per heavy atom. The molecule has 0 saturated carbocycles. The van der Waals surface area contributed by atoms with Gasteiger partial charge < -0.3 is 9.47 Å². The summed E-state index contributed by atoms with van der Waals surface area (Å²) < 4.78 is 11.3. The van der Waals surface area contributed by atoms with E-state index in [1.807, 2.05) is 66.7 Å².